The summed E-state index contributed by atoms with van der Waals surface area (Å²) in [6.45, 7) is 7.51. The van der Waals surface area contributed by atoms with Crippen molar-refractivity contribution < 1.29 is 9.32 Å². The van der Waals surface area contributed by atoms with E-state index in [-0.39, 0.29) is 5.91 Å². The monoisotopic (exact) mass is 327 g/mol. The molecule has 0 spiro atoms. The van der Waals surface area contributed by atoms with Crippen LogP contribution in [0, 0.1) is 13.8 Å². The number of likely N-dealkylation sites (tertiary alicyclic amines) is 1. The van der Waals surface area contributed by atoms with Crippen molar-refractivity contribution in [2.24, 2.45) is 0 Å². The maximum Gasteiger partial charge on any atom is 0.254 e. The van der Waals surface area contributed by atoms with Gasteiger partial charge in [-0.05, 0) is 63.8 Å². The molecule has 5 nitrogen and oxygen atoms in total. The van der Waals surface area contributed by atoms with E-state index in [9.17, 15) is 4.79 Å². The molecule has 5 heteroatoms. The Labute approximate surface area is 143 Å². The van der Waals surface area contributed by atoms with Crippen LogP contribution >= 0.6 is 0 Å². The minimum absolute atomic E-state index is 0.143. The SMILES string of the molecule is Cc1cc(CNc2ccc(C(=O)N3CCCCC3C)cc2C)no1. The minimum Gasteiger partial charge on any atom is -0.379 e. The lowest BCUT2D eigenvalue weighted by atomic mass is 10.0. The molecule has 0 aliphatic carbocycles. The molecular formula is C19H25N3O2. The maximum atomic E-state index is 12.7. The highest BCUT2D eigenvalue weighted by Gasteiger charge is 2.24. The Hall–Kier alpha value is -2.30. The summed E-state index contributed by atoms with van der Waals surface area (Å²) in [5.41, 5.74) is 3.71. The number of anilines is 1. The van der Waals surface area contributed by atoms with Gasteiger partial charge < -0.3 is 14.7 Å². The Bertz CT molecular complexity index is 723. The molecule has 3 rings (SSSR count). The van der Waals surface area contributed by atoms with Gasteiger partial charge in [-0.25, -0.2) is 0 Å². The summed E-state index contributed by atoms with van der Waals surface area (Å²) in [5.74, 6) is 0.948. The second-order valence-corrected chi connectivity index (χ2v) is 6.66. The van der Waals surface area contributed by atoms with Crippen molar-refractivity contribution in [1.29, 1.82) is 0 Å². The van der Waals surface area contributed by atoms with Gasteiger partial charge in [0.1, 0.15) is 11.5 Å². The van der Waals surface area contributed by atoms with Gasteiger partial charge in [0.15, 0.2) is 0 Å². The van der Waals surface area contributed by atoms with Crippen LogP contribution in [0.5, 0.6) is 0 Å². The summed E-state index contributed by atoms with van der Waals surface area (Å²) >= 11 is 0. The number of amides is 1. The first-order valence-electron chi connectivity index (χ1n) is 8.62. The van der Waals surface area contributed by atoms with E-state index in [0.717, 1.165) is 47.7 Å². The number of piperidine rings is 1. The molecule has 24 heavy (non-hydrogen) atoms. The highest BCUT2D eigenvalue weighted by atomic mass is 16.5. The standard InChI is InChI=1S/C19H25N3O2/c1-13-10-16(19(23)22-9-5-4-6-14(22)2)7-8-18(13)20-12-17-11-15(3)24-21-17/h7-8,10-11,14,20H,4-6,9,12H2,1-3H3. The van der Waals surface area contributed by atoms with Gasteiger partial charge in [-0.1, -0.05) is 5.16 Å². The molecule has 1 amide bonds. The average molecular weight is 327 g/mol. The second kappa shape index (κ2) is 7.07. The van der Waals surface area contributed by atoms with E-state index >= 15 is 0 Å². The lowest BCUT2D eigenvalue weighted by molar-refractivity contribution is 0.0635. The zero-order valence-corrected chi connectivity index (χ0v) is 14.6. The Morgan fingerprint density at radius 1 is 1.33 bits per heavy atom. The molecule has 1 fully saturated rings. The number of hydrogen-bond donors (Lipinski definition) is 1. The van der Waals surface area contributed by atoms with E-state index in [1.165, 1.54) is 6.42 Å². The minimum atomic E-state index is 0.143. The van der Waals surface area contributed by atoms with E-state index in [4.69, 9.17) is 4.52 Å². The van der Waals surface area contributed by atoms with Crippen molar-refractivity contribution >= 4 is 11.6 Å². The number of rotatable bonds is 4. The molecule has 0 bridgehead atoms. The number of carbonyl (C=O) groups excluding carboxylic acids is 1. The molecule has 0 radical (unpaired) electrons. The zero-order chi connectivity index (χ0) is 17.1. The van der Waals surface area contributed by atoms with E-state index in [1.54, 1.807) is 0 Å². The fraction of sp³-hybridized carbons (Fsp3) is 0.474. The molecule has 128 valence electrons. The smallest absolute Gasteiger partial charge is 0.254 e. The molecule has 1 aromatic heterocycles. The van der Waals surface area contributed by atoms with Crippen LogP contribution in [0.3, 0.4) is 0 Å². The quantitative estimate of drug-likeness (QED) is 0.925. The van der Waals surface area contributed by atoms with Gasteiger partial charge in [0, 0.05) is 29.9 Å². The van der Waals surface area contributed by atoms with Crippen LogP contribution in [0.2, 0.25) is 0 Å². The predicted octanol–water partition coefficient (Wildman–Crippen LogP) is 3.92. The molecule has 2 aromatic rings. The third kappa shape index (κ3) is 3.61. The zero-order valence-electron chi connectivity index (χ0n) is 14.6. The number of aryl methyl sites for hydroxylation is 2. The van der Waals surface area contributed by atoms with Crippen molar-refractivity contribution in [1.82, 2.24) is 10.1 Å². The van der Waals surface area contributed by atoms with Gasteiger partial charge in [-0.3, -0.25) is 4.79 Å². The number of aromatic nitrogens is 1. The van der Waals surface area contributed by atoms with Gasteiger partial charge in [-0.2, -0.15) is 0 Å². The molecule has 2 heterocycles. The molecular weight excluding hydrogens is 302 g/mol. The van der Waals surface area contributed by atoms with Gasteiger partial charge >= 0.3 is 0 Å². The van der Waals surface area contributed by atoms with Gasteiger partial charge in [0.05, 0.1) is 6.54 Å². The van der Waals surface area contributed by atoms with E-state index in [0.29, 0.717) is 12.6 Å². The number of hydrogen-bond acceptors (Lipinski definition) is 4. The van der Waals surface area contributed by atoms with Gasteiger partial charge in [0.2, 0.25) is 0 Å². The average Bonchev–Trinajstić information content (AvgIpc) is 2.99. The third-order valence-electron chi connectivity index (χ3n) is 4.67. The van der Waals surface area contributed by atoms with E-state index < -0.39 is 0 Å². The lowest BCUT2D eigenvalue weighted by Gasteiger charge is -2.33. The first-order chi connectivity index (χ1) is 11.5. The molecule has 1 saturated heterocycles. The van der Waals surface area contributed by atoms with Crippen molar-refractivity contribution in [2.75, 3.05) is 11.9 Å². The van der Waals surface area contributed by atoms with Crippen LogP contribution < -0.4 is 5.32 Å². The summed E-state index contributed by atoms with van der Waals surface area (Å²) < 4.78 is 5.07. The van der Waals surface area contributed by atoms with Crippen LogP contribution in [0.4, 0.5) is 5.69 Å². The number of nitrogens with zero attached hydrogens (tertiary/aromatic N) is 2. The topological polar surface area (TPSA) is 58.4 Å². The Morgan fingerprint density at radius 3 is 2.83 bits per heavy atom. The molecule has 1 atom stereocenters. The van der Waals surface area contributed by atoms with Gasteiger partial charge in [0.25, 0.3) is 5.91 Å². The summed E-state index contributed by atoms with van der Waals surface area (Å²) in [5, 5.41) is 7.33. The molecule has 1 N–H and O–H groups in total. The largest absolute Gasteiger partial charge is 0.379 e. The molecule has 0 saturated carbocycles. The first-order valence-corrected chi connectivity index (χ1v) is 8.62. The summed E-state index contributed by atoms with van der Waals surface area (Å²) in [4.78, 5) is 14.7. The molecule has 1 unspecified atom stereocenters. The van der Waals surface area contributed by atoms with Crippen molar-refractivity contribution in [3.05, 3.63) is 46.8 Å². The van der Waals surface area contributed by atoms with Crippen LogP contribution in [0.25, 0.3) is 0 Å². The fourth-order valence-corrected chi connectivity index (χ4v) is 3.25. The maximum absolute atomic E-state index is 12.7. The van der Waals surface area contributed by atoms with E-state index in [1.807, 2.05) is 43.0 Å². The van der Waals surface area contributed by atoms with E-state index in [2.05, 4.69) is 17.4 Å². The Morgan fingerprint density at radius 2 is 2.17 bits per heavy atom. The molecule has 1 aromatic carbocycles. The van der Waals surface area contributed by atoms with Crippen LogP contribution in [0.1, 0.15) is 53.6 Å². The lowest BCUT2D eigenvalue weighted by Crippen LogP contribution is -2.42. The second-order valence-electron chi connectivity index (χ2n) is 6.66. The van der Waals surface area contributed by atoms with Crippen LogP contribution in [0.15, 0.2) is 28.8 Å². The van der Waals surface area contributed by atoms with Crippen molar-refractivity contribution in [3.63, 3.8) is 0 Å². The summed E-state index contributed by atoms with van der Waals surface area (Å²) in [6, 6.07) is 8.11. The normalized spacial score (nSPS) is 17.8. The molecule has 1 aliphatic heterocycles. The predicted molar refractivity (Wildman–Crippen MR) is 94.1 cm³/mol. The van der Waals surface area contributed by atoms with Crippen molar-refractivity contribution in [3.8, 4) is 0 Å². The number of benzene rings is 1. The van der Waals surface area contributed by atoms with Crippen LogP contribution in [-0.2, 0) is 6.54 Å². The number of carbonyl (C=O) groups is 1. The summed E-state index contributed by atoms with van der Waals surface area (Å²) in [6.07, 6.45) is 3.42. The molecule has 1 aliphatic rings. The highest BCUT2D eigenvalue weighted by molar-refractivity contribution is 5.95. The first kappa shape index (κ1) is 16.6. The number of nitrogens with one attached hydrogen (secondary N) is 1. The Balaban J connectivity index is 1.68. The summed E-state index contributed by atoms with van der Waals surface area (Å²) in [7, 11) is 0. The van der Waals surface area contributed by atoms with Gasteiger partial charge in [-0.15, -0.1) is 0 Å². The highest BCUT2D eigenvalue weighted by Crippen LogP contribution is 2.22. The van der Waals surface area contributed by atoms with Crippen molar-refractivity contribution in [2.45, 2.75) is 52.6 Å². The fourth-order valence-electron chi connectivity index (χ4n) is 3.25. The van der Waals surface area contributed by atoms with Crippen LogP contribution in [-0.4, -0.2) is 28.6 Å². The third-order valence-corrected chi connectivity index (χ3v) is 4.67. The Kier molecular flexibility index (Phi) is 4.88.